The largest absolute Gasteiger partial charge is 0.496 e. The van der Waals surface area contributed by atoms with Crippen molar-refractivity contribution >= 4 is 15.9 Å². The molecule has 0 aliphatic rings. The van der Waals surface area contributed by atoms with Crippen LogP contribution >= 0.6 is 15.9 Å². The Labute approximate surface area is 127 Å². The molecule has 4 nitrogen and oxygen atoms in total. The Morgan fingerprint density at radius 2 is 1.95 bits per heavy atom. The third-order valence-electron chi connectivity index (χ3n) is 3.65. The number of H-pyrrole nitrogens is 1. The predicted octanol–water partition coefficient (Wildman–Crippen LogP) is 3.27. The quantitative estimate of drug-likeness (QED) is 0.899. The van der Waals surface area contributed by atoms with Gasteiger partial charge in [0.2, 0.25) is 0 Å². The van der Waals surface area contributed by atoms with Crippen molar-refractivity contribution in [1.82, 2.24) is 9.97 Å². The number of aromatic amines is 1. The van der Waals surface area contributed by atoms with E-state index in [1.54, 1.807) is 7.11 Å². The zero-order valence-electron chi connectivity index (χ0n) is 12.3. The second-order valence-corrected chi connectivity index (χ2v) is 5.67. The summed E-state index contributed by atoms with van der Waals surface area (Å²) in [5.41, 5.74) is 11.1. The molecule has 0 bridgehead atoms. The number of benzene rings is 1. The van der Waals surface area contributed by atoms with Crippen LogP contribution in [-0.2, 0) is 6.42 Å². The van der Waals surface area contributed by atoms with Crippen molar-refractivity contribution in [3.63, 3.8) is 0 Å². The number of nitrogens with one attached hydrogen (secondary N) is 1. The molecule has 0 atom stereocenters. The molecule has 0 aliphatic heterocycles. The molecule has 1 heterocycles. The number of rotatable bonds is 4. The maximum absolute atomic E-state index is 5.62. The van der Waals surface area contributed by atoms with Gasteiger partial charge in [-0.2, -0.15) is 0 Å². The van der Waals surface area contributed by atoms with Crippen LogP contribution < -0.4 is 10.5 Å². The SMILES string of the molecule is COc1c(C)c(C)c(Br)c(C)c1-c1cnc(CCN)[nH]1. The van der Waals surface area contributed by atoms with E-state index in [2.05, 4.69) is 46.7 Å². The normalized spacial score (nSPS) is 10.9. The van der Waals surface area contributed by atoms with Crippen molar-refractivity contribution in [2.75, 3.05) is 13.7 Å². The second kappa shape index (κ2) is 5.97. The minimum Gasteiger partial charge on any atom is -0.496 e. The lowest BCUT2D eigenvalue weighted by molar-refractivity contribution is 0.412. The molecular weight excluding hydrogens is 318 g/mol. The van der Waals surface area contributed by atoms with Gasteiger partial charge in [-0.05, 0) is 44.0 Å². The summed E-state index contributed by atoms with van der Waals surface area (Å²) in [5.74, 6) is 1.80. The molecule has 20 heavy (non-hydrogen) atoms. The van der Waals surface area contributed by atoms with Crippen LogP contribution in [0.15, 0.2) is 10.7 Å². The lowest BCUT2D eigenvalue weighted by Crippen LogP contribution is -2.04. The summed E-state index contributed by atoms with van der Waals surface area (Å²) in [7, 11) is 1.70. The molecule has 0 amide bonds. The van der Waals surface area contributed by atoms with Crippen molar-refractivity contribution in [1.29, 1.82) is 0 Å². The van der Waals surface area contributed by atoms with Gasteiger partial charge in [0.1, 0.15) is 11.6 Å². The summed E-state index contributed by atoms with van der Waals surface area (Å²) in [4.78, 5) is 7.70. The number of hydrogen-bond donors (Lipinski definition) is 2. The van der Waals surface area contributed by atoms with Crippen molar-refractivity contribution < 1.29 is 4.74 Å². The molecule has 1 aromatic carbocycles. The van der Waals surface area contributed by atoms with Gasteiger partial charge in [-0.15, -0.1) is 0 Å². The first kappa shape index (κ1) is 15.1. The molecule has 0 saturated carbocycles. The highest BCUT2D eigenvalue weighted by atomic mass is 79.9. The van der Waals surface area contributed by atoms with Gasteiger partial charge in [0.05, 0.1) is 19.0 Å². The van der Waals surface area contributed by atoms with Crippen LogP contribution in [0.3, 0.4) is 0 Å². The molecule has 0 unspecified atom stereocenters. The lowest BCUT2D eigenvalue weighted by Gasteiger charge is -2.18. The first-order chi connectivity index (χ1) is 9.51. The van der Waals surface area contributed by atoms with Crippen molar-refractivity contribution in [3.8, 4) is 17.0 Å². The number of halogens is 1. The Morgan fingerprint density at radius 3 is 2.55 bits per heavy atom. The number of imidazole rings is 1. The van der Waals surface area contributed by atoms with Gasteiger partial charge in [-0.3, -0.25) is 0 Å². The maximum Gasteiger partial charge on any atom is 0.131 e. The highest BCUT2D eigenvalue weighted by Gasteiger charge is 2.19. The average molecular weight is 338 g/mol. The van der Waals surface area contributed by atoms with E-state index in [9.17, 15) is 0 Å². The van der Waals surface area contributed by atoms with Gasteiger partial charge in [0.15, 0.2) is 0 Å². The summed E-state index contributed by atoms with van der Waals surface area (Å²) in [6, 6.07) is 0. The van der Waals surface area contributed by atoms with E-state index in [0.29, 0.717) is 6.54 Å². The standard InChI is InChI=1S/C15H20BrN3O/c1-8-9(2)15(20-4)13(10(3)14(8)16)11-7-18-12(19-11)5-6-17/h7H,5-6,17H2,1-4H3,(H,18,19). The zero-order valence-corrected chi connectivity index (χ0v) is 13.9. The molecule has 0 aliphatic carbocycles. The van der Waals surface area contributed by atoms with Gasteiger partial charge in [0, 0.05) is 16.5 Å². The molecule has 2 aromatic rings. The third kappa shape index (κ3) is 2.47. The van der Waals surface area contributed by atoms with Crippen LogP contribution in [0.1, 0.15) is 22.5 Å². The Balaban J connectivity index is 2.65. The summed E-state index contributed by atoms with van der Waals surface area (Å²) < 4.78 is 6.73. The molecule has 5 heteroatoms. The predicted molar refractivity (Wildman–Crippen MR) is 85.2 cm³/mol. The van der Waals surface area contributed by atoms with E-state index in [1.807, 2.05) is 6.20 Å². The van der Waals surface area contributed by atoms with E-state index in [-0.39, 0.29) is 0 Å². The number of aromatic nitrogens is 2. The number of hydrogen-bond acceptors (Lipinski definition) is 3. The van der Waals surface area contributed by atoms with Crippen LogP contribution in [0.4, 0.5) is 0 Å². The topological polar surface area (TPSA) is 63.9 Å². The van der Waals surface area contributed by atoms with Gasteiger partial charge in [-0.25, -0.2) is 4.98 Å². The molecule has 2 rings (SSSR count). The average Bonchev–Trinajstić information content (AvgIpc) is 2.89. The third-order valence-corrected chi connectivity index (χ3v) is 4.84. The number of ether oxygens (including phenoxy) is 1. The van der Waals surface area contributed by atoms with Crippen LogP contribution in [0.5, 0.6) is 5.75 Å². The highest BCUT2D eigenvalue weighted by molar-refractivity contribution is 9.10. The summed E-state index contributed by atoms with van der Waals surface area (Å²) in [5, 5.41) is 0. The van der Waals surface area contributed by atoms with E-state index < -0.39 is 0 Å². The van der Waals surface area contributed by atoms with Crippen molar-refractivity contribution in [3.05, 3.63) is 33.2 Å². The first-order valence-corrected chi connectivity index (χ1v) is 7.38. The smallest absolute Gasteiger partial charge is 0.131 e. The van der Waals surface area contributed by atoms with Crippen molar-refractivity contribution in [2.24, 2.45) is 5.73 Å². The van der Waals surface area contributed by atoms with E-state index >= 15 is 0 Å². The molecule has 0 fully saturated rings. The van der Waals surface area contributed by atoms with Gasteiger partial charge in [-0.1, -0.05) is 15.9 Å². The second-order valence-electron chi connectivity index (χ2n) is 4.88. The zero-order chi connectivity index (χ0) is 14.9. The molecule has 0 saturated heterocycles. The molecular formula is C15H20BrN3O. The van der Waals surface area contributed by atoms with E-state index in [4.69, 9.17) is 10.5 Å². The summed E-state index contributed by atoms with van der Waals surface area (Å²) in [6.07, 6.45) is 2.59. The van der Waals surface area contributed by atoms with Gasteiger partial charge < -0.3 is 15.5 Å². The van der Waals surface area contributed by atoms with Gasteiger partial charge >= 0.3 is 0 Å². The minimum atomic E-state index is 0.583. The highest BCUT2D eigenvalue weighted by Crippen LogP contribution is 2.41. The number of nitrogens with zero attached hydrogens (tertiary/aromatic N) is 1. The summed E-state index contributed by atoms with van der Waals surface area (Å²) in [6.45, 7) is 6.82. The van der Waals surface area contributed by atoms with E-state index in [1.165, 1.54) is 5.56 Å². The molecule has 0 spiro atoms. The molecule has 0 radical (unpaired) electrons. The summed E-state index contributed by atoms with van der Waals surface area (Å²) >= 11 is 3.67. The fourth-order valence-electron chi connectivity index (χ4n) is 2.42. The van der Waals surface area contributed by atoms with Crippen LogP contribution in [0, 0.1) is 20.8 Å². The Hall–Kier alpha value is -1.33. The fraction of sp³-hybridized carbons (Fsp3) is 0.400. The monoisotopic (exact) mass is 337 g/mol. The Kier molecular flexibility index (Phi) is 4.50. The Bertz CT molecular complexity index is 635. The van der Waals surface area contributed by atoms with Crippen LogP contribution in [0.2, 0.25) is 0 Å². The van der Waals surface area contributed by atoms with Crippen LogP contribution in [0.25, 0.3) is 11.3 Å². The minimum absolute atomic E-state index is 0.583. The number of nitrogens with two attached hydrogens (primary N) is 1. The van der Waals surface area contributed by atoms with Crippen molar-refractivity contribution in [2.45, 2.75) is 27.2 Å². The first-order valence-electron chi connectivity index (χ1n) is 6.58. The molecule has 108 valence electrons. The van der Waals surface area contributed by atoms with Crippen LogP contribution in [-0.4, -0.2) is 23.6 Å². The molecule has 3 N–H and O–H groups in total. The van der Waals surface area contributed by atoms with E-state index in [0.717, 1.165) is 44.9 Å². The molecule has 1 aromatic heterocycles. The number of methoxy groups -OCH3 is 1. The van der Waals surface area contributed by atoms with Gasteiger partial charge in [0.25, 0.3) is 0 Å². The maximum atomic E-state index is 5.62. The lowest BCUT2D eigenvalue weighted by atomic mass is 9.97. The Morgan fingerprint density at radius 1 is 1.25 bits per heavy atom. The fourth-order valence-corrected chi connectivity index (χ4v) is 2.91.